The van der Waals surface area contributed by atoms with Crippen molar-refractivity contribution >= 4 is 36.9 Å². The summed E-state index contributed by atoms with van der Waals surface area (Å²) in [6.07, 6.45) is 0. The zero-order chi connectivity index (χ0) is 3.58. The Morgan fingerprint density at radius 3 is 1.00 bits per heavy atom. The number of rotatable bonds is 0. The first kappa shape index (κ1) is 15.6. The van der Waals surface area contributed by atoms with Crippen molar-refractivity contribution in [1.29, 1.82) is 0 Å². The minimum atomic E-state index is -2.17. The molecule has 0 spiro atoms. The van der Waals surface area contributed by atoms with E-state index in [1.54, 1.807) is 0 Å². The Bertz CT molecular complexity index is 15.5. The molecule has 0 amide bonds. The van der Waals surface area contributed by atoms with Gasteiger partial charge in [0, 0.05) is 18.6 Å². The van der Waals surface area contributed by atoms with Gasteiger partial charge in [-0.2, -0.15) is 0 Å². The minimum absolute atomic E-state index is 0. The summed E-state index contributed by atoms with van der Waals surface area (Å²) in [5.41, 5.74) is 0. The van der Waals surface area contributed by atoms with E-state index in [1.807, 2.05) is 0 Å². The van der Waals surface area contributed by atoms with Crippen LogP contribution in [0.4, 0.5) is 0 Å². The first-order valence-electron chi connectivity index (χ1n) is 0.775. The quantitative estimate of drug-likeness (QED) is 0.318. The van der Waals surface area contributed by atoms with E-state index in [-0.39, 0.29) is 48.1 Å². The molecule has 0 saturated carbocycles. The Balaban J connectivity index is -0.0000000450. The fourth-order valence-electron chi connectivity index (χ4n) is 0. The molecule has 6 heavy (non-hydrogen) atoms. The maximum atomic E-state index is 7.17. The zero-order valence-corrected chi connectivity index (χ0v) is 3.76. The Hall–Kier alpha value is 1.53. The second kappa shape index (κ2) is 9.73. The molecule has 31 valence electrons. The zero-order valence-electron chi connectivity index (χ0n) is 2.37. The molecule has 0 bridgehead atoms. The van der Waals surface area contributed by atoms with Gasteiger partial charge in [0.2, 0.25) is 0 Å². The van der Waals surface area contributed by atoms with Crippen LogP contribution in [-0.4, -0.2) is 52.0 Å². The van der Waals surface area contributed by atoms with Crippen LogP contribution in [0.15, 0.2) is 0 Å². The van der Waals surface area contributed by atoms with Crippen molar-refractivity contribution in [3.63, 3.8) is 0 Å². The Labute approximate surface area is 70.1 Å². The van der Waals surface area contributed by atoms with E-state index in [4.69, 9.17) is 15.1 Å². The maximum Gasteiger partial charge on any atom is 0 e. The van der Waals surface area contributed by atoms with E-state index in [0.29, 0.717) is 0 Å². The topological polar surface area (TPSA) is 60.7 Å². The molecule has 0 fully saturated rings. The number of hydrogen-bond donors (Lipinski definition) is 3. The van der Waals surface area contributed by atoms with E-state index in [9.17, 15) is 0 Å². The fraction of sp³-hybridized carbons (Fsp3) is 0. The van der Waals surface area contributed by atoms with Gasteiger partial charge < -0.3 is 15.1 Å². The standard InChI is InChI=1S/BH3O3.Na.V.H/c2-1(3)4;;;/h2-4H;;;. The largest absolute Gasteiger partial charge is 0 e. The molecule has 0 unspecified atom stereocenters. The molecule has 0 aliphatic heterocycles. The van der Waals surface area contributed by atoms with Gasteiger partial charge in [-0.1, -0.05) is 0 Å². The molecule has 0 rings (SSSR count). The van der Waals surface area contributed by atoms with Crippen LogP contribution < -0.4 is 0 Å². The summed E-state index contributed by atoms with van der Waals surface area (Å²) >= 11 is 0. The van der Waals surface area contributed by atoms with Crippen LogP contribution in [0, 0.1) is 0 Å². The summed E-state index contributed by atoms with van der Waals surface area (Å²) in [5.74, 6) is 0. The van der Waals surface area contributed by atoms with Gasteiger partial charge in [0.05, 0.1) is 0 Å². The van der Waals surface area contributed by atoms with Crippen LogP contribution in [0.5, 0.6) is 0 Å². The van der Waals surface area contributed by atoms with Crippen molar-refractivity contribution in [2.45, 2.75) is 0 Å². The van der Waals surface area contributed by atoms with Gasteiger partial charge in [-0.15, -0.1) is 0 Å². The van der Waals surface area contributed by atoms with Gasteiger partial charge in [0.25, 0.3) is 0 Å². The summed E-state index contributed by atoms with van der Waals surface area (Å²) in [5, 5.41) is 21.5. The van der Waals surface area contributed by atoms with E-state index >= 15 is 0 Å². The van der Waals surface area contributed by atoms with Gasteiger partial charge in [0.1, 0.15) is 0 Å². The molecular weight excluding hydrogens is 133 g/mol. The molecule has 0 saturated heterocycles. The van der Waals surface area contributed by atoms with E-state index < -0.39 is 7.32 Å². The van der Waals surface area contributed by atoms with Crippen LogP contribution >= 0.6 is 0 Å². The summed E-state index contributed by atoms with van der Waals surface area (Å²) in [6, 6.07) is 0. The third-order valence-electron chi connectivity index (χ3n) is 0. The normalized spacial score (nSPS) is 4.50. The second-order valence-corrected chi connectivity index (χ2v) is 0.346. The van der Waals surface area contributed by atoms with Crippen molar-refractivity contribution in [2.75, 3.05) is 0 Å². The molecule has 0 aliphatic carbocycles. The predicted octanol–water partition coefficient (Wildman–Crippen LogP) is -2.70. The first-order chi connectivity index (χ1) is 1.73. The van der Waals surface area contributed by atoms with Crippen molar-refractivity contribution in [3.8, 4) is 0 Å². The monoisotopic (exact) mass is 137 g/mol. The van der Waals surface area contributed by atoms with Crippen LogP contribution in [0.25, 0.3) is 0 Å². The third-order valence-corrected chi connectivity index (χ3v) is 0. The molecule has 1 radical (unpaired) electrons. The van der Waals surface area contributed by atoms with Gasteiger partial charge in [-0.3, -0.25) is 0 Å². The average Bonchev–Trinajstić information content (AvgIpc) is 0.811. The Kier molecular flexibility index (Phi) is 25.4. The molecule has 6 heteroatoms. The van der Waals surface area contributed by atoms with Crippen molar-refractivity contribution < 1.29 is 33.6 Å². The average molecular weight is 137 g/mol. The molecule has 0 aromatic carbocycles. The predicted molar refractivity (Wildman–Crippen MR) is 19.6 cm³/mol. The van der Waals surface area contributed by atoms with Crippen LogP contribution in [0.2, 0.25) is 0 Å². The summed E-state index contributed by atoms with van der Waals surface area (Å²) < 4.78 is 0. The molecule has 0 aliphatic rings. The third kappa shape index (κ3) is 48.5. The second-order valence-electron chi connectivity index (χ2n) is 0.346. The summed E-state index contributed by atoms with van der Waals surface area (Å²) in [4.78, 5) is 0. The smallest absolute Gasteiger partial charge is 0 e. The molecule has 0 aromatic heterocycles. The minimum Gasteiger partial charge on any atom is 0 e. The van der Waals surface area contributed by atoms with Gasteiger partial charge in [0.15, 0.2) is 0 Å². The van der Waals surface area contributed by atoms with E-state index in [0.717, 1.165) is 0 Å². The molecular formula is H4BNaO3V. The van der Waals surface area contributed by atoms with Gasteiger partial charge >= 0.3 is 36.9 Å². The van der Waals surface area contributed by atoms with Gasteiger partial charge in [-0.25, -0.2) is 0 Å². The molecule has 3 nitrogen and oxygen atoms in total. The van der Waals surface area contributed by atoms with E-state index in [2.05, 4.69) is 0 Å². The SMILES string of the molecule is OB(O)O.[NaH].[V]. The molecule has 0 atom stereocenters. The van der Waals surface area contributed by atoms with E-state index in [1.165, 1.54) is 0 Å². The molecule has 3 N–H and O–H groups in total. The Morgan fingerprint density at radius 1 is 1.00 bits per heavy atom. The van der Waals surface area contributed by atoms with Crippen LogP contribution in [0.3, 0.4) is 0 Å². The summed E-state index contributed by atoms with van der Waals surface area (Å²) in [6.45, 7) is 0. The fourth-order valence-corrected chi connectivity index (χ4v) is 0. The number of hydrogen-bond acceptors (Lipinski definition) is 3. The first-order valence-corrected chi connectivity index (χ1v) is 0.775. The van der Waals surface area contributed by atoms with Crippen LogP contribution in [0.1, 0.15) is 0 Å². The van der Waals surface area contributed by atoms with Gasteiger partial charge in [-0.05, 0) is 0 Å². The van der Waals surface area contributed by atoms with Crippen molar-refractivity contribution in [2.24, 2.45) is 0 Å². The molecule has 0 aromatic rings. The Morgan fingerprint density at radius 2 is 1.00 bits per heavy atom. The van der Waals surface area contributed by atoms with Crippen molar-refractivity contribution in [3.05, 3.63) is 0 Å². The van der Waals surface area contributed by atoms with Crippen LogP contribution in [-0.2, 0) is 18.6 Å². The van der Waals surface area contributed by atoms with Crippen molar-refractivity contribution in [1.82, 2.24) is 0 Å². The maximum absolute atomic E-state index is 7.17. The summed E-state index contributed by atoms with van der Waals surface area (Å²) in [7, 11) is -2.17. The molecule has 0 heterocycles.